The molecule has 122 valence electrons. The minimum absolute atomic E-state index is 0.143. The summed E-state index contributed by atoms with van der Waals surface area (Å²) in [6, 6.07) is 1.80. The molecule has 3 rings (SSSR count). The predicted octanol–water partition coefficient (Wildman–Crippen LogP) is 0.921. The van der Waals surface area contributed by atoms with E-state index in [9.17, 15) is 4.79 Å². The molecule has 0 saturated carbocycles. The molecule has 0 bridgehead atoms. The molecule has 1 amide bonds. The van der Waals surface area contributed by atoms with Crippen molar-refractivity contribution in [2.45, 2.75) is 38.6 Å². The lowest BCUT2D eigenvalue weighted by Crippen LogP contribution is -2.26. The maximum Gasteiger partial charge on any atom is 0.226 e. The minimum Gasteiger partial charge on any atom is -0.381 e. The lowest BCUT2D eigenvalue weighted by Gasteiger charge is -2.20. The summed E-state index contributed by atoms with van der Waals surface area (Å²) in [7, 11) is 0. The van der Waals surface area contributed by atoms with Crippen molar-refractivity contribution in [2.75, 3.05) is 13.2 Å². The van der Waals surface area contributed by atoms with E-state index in [1.54, 1.807) is 19.2 Å². The zero-order chi connectivity index (χ0) is 16.1. The van der Waals surface area contributed by atoms with Gasteiger partial charge in [-0.05, 0) is 25.8 Å². The SMILES string of the molecule is Cc1nonc1CC(=O)NCc1ccnc([C@@H]2CCCOC2)n1. The fourth-order valence-electron chi connectivity index (χ4n) is 2.47. The molecule has 2 aromatic rings. The fraction of sp³-hybridized carbons (Fsp3) is 0.533. The van der Waals surface area contributed by atoms with Gasteiger partial charge >= 0.3 is 0 Å². The quantitative estimate of drug-likeness (QED) is 0.874. The van der Waals surface area contributed by atoms with Gasteiger partial charge in [0, 0.05) is 18.7 Å². The summed E-state index contributed by atoms with van der Waals surface area (Å²) >= 11 is 0. The standard InChI is InChI=1S/C15H19N5O3/c1-10-13(20-23-19-10)7-14(21)17-8-12-4-5-16-15(18-12)11-3-2-6-22-9-11/h4-5,11H,2-3,6-9H2,1H3,(H,17,21)/t11-/m1/s1. The number of ether oxygens (including phenoxy) is 1. The molecule has 1 fully saturated rings. The largest absolute Gasteiger partial charge is 0.381 e. The van der Waals surface area contributed by atoms with Crippen LogP contribution in [-0.4, -0.2) is 39.4 Å². The van der Waals surface area contributed by atoms with Gasteiger partial charge in [-0.3, -0.25) is 4.79 Å². The lowest BCUT2D eigenvalue weighted by molar-refractivity contribution is -0.120. The predicted molar refractivity (Wildman–Crippen MR) is 79.4 cm³/mol. The van der Waals surface area contributed by atoms with Crippen LogP contribution < -0.4 is 5.32 Å². The van der Waals surface area contributed by atoms with Gasteiger partial charge in [0.25, 0.3) is 0 Å². The van der Waals surface area contributed by atoms with Crippen molar-refractivity contribution in [3.63, 3.8) is 0 Å². The van der Waals surface area contributed by atoms with Gasteiger partial charge in [-0.1, -0.05) is 10.3 Å². The Kier molecular flexibility index (Phi) is 4.92. The van der Waals surface area contributed by atoms with E-state index < -0.39 is 0 Å². The van der Waals surface area contributed by atoms with E-state index in [1.807, 2.05) is 0 Å². The van der Waals surface area contributed by atoms with Crippen LogP contribution in [-0.2, 0) is 22.5 Å². The van der Waals surface area contributed by atoms with Crippen molar-refractivity contribution in [1.82, 2.24) is 25.6 Å². The zero-order valence-corrected chi connectivity index (χ0v) is 13.0. The second kappa shape index (κ2) is 7.28. The van der Waals surface area contributed by atoms with Gasteiger partial charge in [-0.25, -0.2) is 14.6 Å². The monoisotopic (exact) mass is 317 g/mol. The molecule has 1 aliphatic heterocycles. The highest BCUT2D eigenvalue weighted by Crippen LogP contribution is 2.22. The number of nitrogens with one attached hydrogen (secondary N) is 1. The van der Waals surface area contributed by atoms with Crippen LogP contribution in [0.3, 0.4) is 0 Å². The van der Waals surface area contributed by atoms with Crippen LogP contribution in [0.1, 0.15) is 41.7 Å². The Bertz CT molecular complexity index is 667. The van der Waals surface area contributed by atoms with Crippen LogP contribution >= 0.6 is 0 Å². The summed E-state index contributed by atoms with van der Waals surface area (Å²) in [4.78, 5) is 20.8. The van der Waals surface area contributed by atoms with E-state index >= 15 is 0 Å². The van der Waals surface area contributed by atoms with Crippen LogP contribution in [0, 0.1) is 6.92 Å². The van der Waals surface area contributed by atoms with Gasteiger partial charge < -0.3 is 10.1 Å². The Balaban J connectivity index is 1.55. The van der Waals surface area contributed by atoms with Crippen LogP contribution in [0.15, 0.2) is 16.9 Å². The number of nitrogens with zero attached hydrogens (tertiary/aromatic N) is 4. The lowest BCUT2D eigenvalue weighted by atomic mass is 10.0. The van der Waals surface area contributed by atoms with Crippen molar-refractivity contribution < 1.29 is 14.2 Å². The second-order valence-electron chi connectivity index (χ2n) is 5.57. The van der Waals surface area contributed by atoms with Crippen molar-refractivity contribution in [3.05, 3.63) is 35.2 Å². The fourth-order valence-corrected chi connectivity index (χ4v) is 2.47. The number of amides is 1. The molecule has 1 N–H and O–H groups in total. The van der Waals surface area contributed by atoms with Crippen LogP contribution in [0.25, 0.3) is 0 Å². The summed E-state index contributed by atoms with van der Waals surface area (Å²) in [5.41, 5.74) is 1.95. The third-order valence-electron chi connectivity index (χ3n) is 3.80. The molecule has 1 saturated heterocycles. The van der Waals surface area contributed by atoms with E-state index in [0.29, 0.717) is 24.5 Å². The summed E-state index contributed by atoms with van der Waals surface area (Å²) < 4.78 is 10.1. The first-order valence-corrected chi connectivity index (χ1v) is 7.66. The smallest absolute Gasteiger partial charge is 0.226 e. The highest BCUT2D eigenvalue weighted by molar-refractivity contribution is 5.78. The van der Waals surface area contributed by atoms with E-state index in [-0.39, 0.29) is 18.2 Å². The first-order chi connectivity index (χ1) is 11.2. The summed E-state index contributed by atoms with van der Waals surface area (Å²) in [6.45, 7) is 3.57. The molecule has 0 spiro atoms. The minimum atomic E-state index is -0.148. The molecule has 2 aromatic heterocycles. The summed E-state index contributed by atoms with van der Waals surface area (Å²) in [5, 5.41) is 10.2. The third kappa shape index (κ3) is 4.10. The van der Waals surface area contributed by atoms with Crippen LogP contribution in [0.5, 0.6) is 0 Å². The number of hydrogen-bond donors (Lipinski definition) is 1. The molecule has 0 aromatic carbocycles. The highest BCUT2D eigenvalue weighted by atomic mass is 16.6. The van der Waals surface area contributed by atoms with Gasteiger partial charge in [0.2, 0.25) is 5.91 Å². The average molecular weight is 317 g/mol. The van der Waals surface area contributed by atoms with Crippen molar-refractivity contribution >= 4 is 5.91 Å². The summed E-state index contributed by atoms with van der Waals surface area (Å²) in [5.74, 6) is 0.876. The maximum atomic E-state index is 11.9. The van der Waals surface area contributed by atoms with E-state index in [4.69, 9.17) is 4.74 Å². The molecular formula is C15H19N5O3. The molecular weight excluding hydrogens is 298 g/mol. The zero-order valence-electron chi connectivity index (χ0n) is 13.0. The highest BCUT2D eigenvalue weighted by Gasteiger charge is 2.19. The maximum absolute atomic E-state index is 11.9. The molecule has 23 heavy (non-hydrogen) atoms. The van der Waals surface area contributed by atoms with Crippen LogP contribution in [0.2, 0.25) is 0 Å². The van der Waals surface area contributed by atoms with Crippen molar-refractivity contribution in [1.29, 1.82) is 0 Å². The Morgan fingerprint density at radius 1 is 1.43 bits per heavy atom. The Labute approximate surface area is 133 Å². The molecule has 0 unspecified atom stereocenters. The Hall–Kier alpha value is -2.35. The number of aryl methyl sites for hydroxylation is 1. The molecule has 0 radical (unpaired) electrons. The second-order valence-corrected chi connectivity index (χ2v) is 5.57. The molecule has 1 atom stereocenters. The molecule has 1 aliphatic rings. The molecule has 8 nitrogen and oxygen atoms in total. The topological polar surface area (TPSA) is 103 Å². The van der Waals surface area contributed by atoms with Gasteiger partial charge in [0.05, 0.1) is 25.3 Å². The number of hydrogen-bond acceptors (Lipinski definition) is 7. The molecule has 3 heterocycles. The average Bonchev–Trinajstić information content (AvgIpc) is 2.99. The first-order valence-electron chi connectivity index (χ1n) is 7.66. The Morgan fingerprint density at radius 2 is 2.35 bits per heavy atom. The number of carbonyl (C=O) groups excluding carboxylic acids is 1. The number of aromatic nitrogens is 4. The van der Waals surface area contributed by atoms with E-state index in [2.05, 4.69) is 30.2 Å². The van der Waals surface area contributed by atoms with E-state index in [0.717, 1.165) is 31.0 Å². The van der Waals surface area contributed by atoms with Gasteiger partial charge in [0.1, 0.15) is 17.2 Å². The van der Waals surface area contributed by atoms with Crippen LogP contribution in [0.4, 0.5) is 0 Å². The third-order valence-corrected chi connectivity index (χ3v) is 3.80. The summed E-state index contributed by atoms with van der Waals surface area (Å²) in [6.07, 6.45) is 3.93. The van der Waals surface area contributed by atoms with Gasteiger partial charge in [0.15, 0.2) is 0 Å². The molecule has 8 heteroatoms. The van der Waals surface area contributed by atoms with Crippen molar-refractivity contribution in [2.24, 2.45) is 0 Å². The Morgan fingerprint density at radius 3 is 3.09 bits per heavy atom. The van der Waals surface area contributed by atoms with E-state index in [1.165, 1.54) is 0 Å². The molecule has 0 aliphatic carbocycles. The van der Waals surface area contributed by atoms with Gasteiger partial charge in [-0.15, -0.1) is 0 Å². The normalized spacial score (nSPS) is 17.9. The van der Waals surface area contributed by atoms with Gasteiger partial charge in [-0.2, -0.15) is 0 Å². The van der Waals surface area contributed by atoms with Crippen molar-refractivity contribution in [3.8, 4) is 0 Å². The first kappa shape index (κ1) is 15.5. The number of rotatable bonds is 5. The number of carbonyl (C=O) groups is 1.